The number of thiazole rings is 1. The molecule has 0 radical (unpaired) electrons. The van der Waals surface area contributed by atoms with Crippen molar-refractivity contribution >= 4 is 33.8 Å². The lowest BCUT2D eigenvalue weighted by Gasteiger charge is -2.08. The third kappa shape index (κ3) is 4.71. The van der Waals surface area contributed by atoms with Crippen LogP contribution in [0.15, 0.2) is 72.2 Å². The zero-order chi connectivity index (χ0) is 22.5. The predicted molar refractivity (Wildman–Crippen MR) is 120 cm³/mol. The minimum absolute atomic E-state index is 0.0378. The normalized spacial score (nSPS) is 10.4. The lowest BCUT2D eigenvalue weighted by Crippen LogP contribution is -2.09. The standard InChI is InChI=1S/C22H16N4O5S/c1-30-20-9-8-14(11-19(20)26(28)29)21(27)31-16-6-4-5-15(12-16)24-22-25-18(13-32-22)17-7-2-3-10-23-17/h2-13H,1H3,(H,24,25). The fraction of sp³-hybridized carbons (Fsp3) is 0.0455. The molecule has 0 bridgehead atoms. The highest BCUT2D eigenvalue weighted by molar-refractivity contribution is 7.14. The number of pyridine rings is 1. The fourth-order valence-corrected chi connectivity index (χ4v) is 3.57. The summed E-state index contributed by atoms with van der Waals surface area (Å²) < 4.78 is 10.3. The fourth-order valence-electron chi connectivity index (χ4n) is 2.85. The average Bonchev–Trinajstić information content (AvgIpc) is 3.28. The molecule has 4 rings (SSSR count). The van der Waals surface area contributed by atoms with Crippen molar-refractivity contribution in [3.8, 4) is 22.9 Å². The van der Waals surface area contributed by atoms with Crippen molar-refractivity contribution in [3.05, 3.63) is 87.9 Å². The molecule has 1 N–H and O–H groups in total. The molecule has 10 heteroatoms. The number of methoxy groups -OCH3 is 1. The van der Waals surface area contributed by atoms with Crippen LogP contribution in [0.3, 0.4) is 0 Å². The van der Waals surface area contributed by atoms with Crippen molar-refractivity contribution < 1.29 is 19.2 Å². The van der Waals surface area contributed by atoms with Crippen LogP contribution in [-0.4, -0.2) is 28.0 Å². The van der Waals surface area contributed by atoms with Gasteiger partial charge < -0.3 is 14.8 Å². The van der Waals surface area contributed by atoms with E-state index in [1.54, 1.807) is 30.5 Å². The molecule has 0 aliphatic rings. The van der Waals surface area contributed by atoms with Crippen molar-refractivity contribution in [2.75, 3.05) is 12.4 Å². The molecule has 0 amide bonds. The lowest BCUT2D eigenvalue weighted by molar-refractivity contribution is -0.385. The maximum absolute atomic E-state index is 12.5. The smallest absolute Gasteiger partial charge is 0.343 e. The number of hydrogen-bond donors (Lipinski definition) is 1. The van der Waals surface area contributed by atoms with Gasteiger partial charge in [-0.25, -0.2) is 9.78 Å². The molecule has 4 aromatic rings. The van der Waals surface area contributed by atoms with Crippen LogP contribution in [0.5, 0.6) is 11.5 Å². The van der Waals surface area contributed by atoms with Gasteiger partial charge in [0.2, 0.25) is 0 Å². The number of nitrogens with one attached hydrogen (secondary N) is 1. The number of nitrogens with zero attached hydrogens (tertiary/aromatic N) is 3. The van der Waals surface area contributed by atoms with E-state index in [9.17, 15) is 14.9 Å². The van der Waals surface area contributed by atoms with E-state index >= 15 is 0 Å². The first kappa shape index (κ1) is 20.9. The summed E-state index contributed by atoms with van der Waals surface area (Å²) in [5.74, 6) is -0.383. The molecule has 0 atom stereocenters. The van der Waals surface area contributed by atoms with Crippen LogP contribution < -0.4 is 14.8 Å². The number of anilines is 2. The van der Waals surface area contributed by atoms with Gasteiger partial charge in [0.15, 0.2) is 10.9 Å². The number of rotatable bonds is 7. The Balaban J connectivity index is 1.48. The van der Waals surface area contributed by atoms with Gasteiger partial charge in [0.25, 0.3) is 0 Å². The van der Waals surface area contributed by atoms with Crippen LogP contribution in [0.2, 0.25) is 0 Å². The molecule has 0 aliphatic carbocycles. The average molecular weight is 448 g/mol. The van der Waals surface area contributed by atoms with Gasteiger partial charge in [0.1, 0.15) is 11.4 Å². The van der Waals surface area contributed by atoms with Gasteiger partial charge in [-0.1, -0.05) is 12.1 Å². The van der Waals surface area contributed by atoms with E-state index in [1.165, 1.54) is 30.6 Å². The van der Waals surface area contributed by atoms with Crippen molar-refractivity contribution in [2.24, 2.45) is 0 Å². The molecule has 0 unspecified atom stereocenters. The number of carbonyl (C=O) groups excluding carboxylic acids is 1. The van der Waals surface area contributed by atoms with E-state index in [0.717, 1.165) is 17.5 Å². The van der Waals surface area contributed by atoms with Crippen LogP contribution in [0.4, 0.5) is 16.5 Å². The summed E-state index contributed by atoms with van der Waals surface area (Å²) in [5.41, 5.74) is 1.91. The number of nitro benzene ring substituents is 1. The van der Waals surface area contributed by atoms with Crippen molar-refractivity contribution in [1.29, 1.82) is 0 Å². The number of carbonyl (C=O) groups is 1. The minimum atomic E-state index is -0.723. The second kappa shape index (κ2) is 9.23. The number of hydrogen-bond acceptors (Lipinski definition) is 9. The zero-order valence-corrected chi connectivity index (χ0v) is 17.5. The van der Waals surface area contributed by atoms with Crippen LogP contribution in [0, 0.1) is 10.1 Å². The summed E-state index contributed by atoms with van der Waals surface area (Å²) in [6.45, 7) is 0. The number of nitro groups is 1. The van der Waals surface area contributed by atoms with E-state index in [0.29, 0.717) is 10.8 Å². The summed E-state index contributed by atoms with van der Waals surface area (Å²) in [6.07, 6.45) is 1.71. The van der Waals surface area contributed by atoms with Gasteiger partial charge in [0.05, 0.1) is 23.3 Å². The number of ether oxygens (including phenoxy) is 2. The Kier molecular flexibility index (Phi) is 6.04. The summed E-state index contributed by atoms with van der Waals surface area (Å²) in [4.78, 5) is 31.9. The summed E-state index contributed by atoms with van der Waals surface area (Å²) in [5, 5.41) is 16.9. The Morgan fingerprint density at radius 1 is 1.09 bits per heavy atom. The molecule has 32 heavy (non-hydrogen) atoms. The summed E-state index contributed by atoms with van der Waals surface area (Å²) in [7, 11) is 1.32. The van der Waals surface area contributed by atoms with Gasteiger partial charge >= 0.3 is 11.7 Å². The van der Waals surface area contributed by atoms with Crippen molar-refractivity contribution in [2.45, 2.75) is 0 Å². The monoisotopic (exact) mass is 448 g/mol. The van der Waals surface area contributed by atoms with Crippen LogP contribution in [0.1, 0.15) is 10.4 Å². The lowest BCUT2D eigenvalue weighted by atomic mass is 10.2. The first-order valence-corrected chi connectivity index (χ1v) is 10.2. The third-order valence-electron chi connectivity index (χ3n) is 4.34. The molecule has 0 aliphatic heterocycles. The highest BCUT2D eigenvalue weighted by Gasteiger charge is 2.19. The molecule has 0 fully saturated rings. The van der Waals surface area contributed by atoms with Gasteiger partial charge in [-0.2, -0.15) is 0 Å². The van der Waals surface area contributed by atoms with Crippen LogP contribution in [0.25, 0.3) is 11.4 Å². The van der Waals surface area contributed by atoms with E-state index in [1.807, 2.05) is 23.6 Å². The zero-order valence-electron chi connectivity index (χ0n) is 16.7. The maximum atomic E-state index is 12.5. The molecule has 9 nitrogen and oxygen atoms in total. The van der Waals surface area contributed by atoms with E-state index in [2.05, 4.69) is 15.3 Å². The molecule has 2 aromatic heterocycles. The van der Waals surface area contributed by atoms with E-state index < -0.39 is 10.9 Å². The molecule has 0 saturated heterocycles. The largest absolute Gasteiger partial charge is 0.490 e. The van der Waals surface area contributed by atoms with Crippen molar-refractivity contribution in [3.63, 3.8) is 0 Å². The van der Waals surface area contributed by atoms with Gasteiger partial charge in [-0.15, -0.1) is 11.3 Å². The van der Waals surface area contributed by atoms with Gasteiger partial charge in [-0.3, -0.25) is 15.1 Å². The Morgan fingerprint density at radius 2 is 1.97 bits per heavy atom. The van der Waals surface area contributed by atoms with E-state index in [4.69, 9.17) is 9.47 Å². The first-order chi connectivity index (χ1) is 15.5. The van der Waals surface area contributed by atoms with E-state index in [-0.39, 0.29) is 22.7 Å². The SMILES string of the molecule is COc1ccc(C(=O)Oc2cccc(Nc3nc(-c4ccccn4)cs3)c2)cc1[N+](=O)[O-]. The second-order valence-electron chi connectivity index (χ2n) is 6.44. The molecular formula is C22H16N4O5S. The Hall–Kier alpha value is -4.31. The molecular weight excluding hydrogens is 432 g/mol. The molecule has 0 spiro atoms. The molecule has 160 valence electrons. The third-order valence-corrected chi connectivity index (χ3v) is 5.10. The molecule has 2 heterocycles. The Labute approximate surface area is 186 Å². The number of benzene rings is 2. The van der Waals surface area contributed by atoms with Gasteiger partial charge in [-0.05, 0) is 36.4 Å². The highest BCUT2D eigenvalue weighted by atomic mass is 32.1. The Morgan fingerprint density at radius 3 is 2.72 bits per heavy atom. The molecule has 0 saturated carbocycles. The second-order valence-corrected chi connectivity index (χ2v) is 7.30. The van der Waals surface area contributed by atoms with Crippen LogP contribution in [-0.2, 0) is 0 Å². The highest BCUT2D eigenvalue weighted by Crippen LogP contribution is 2.29. The summed E-state index contributed by atoms with van der Waals surface area (Å²) in [6, 6.07) is 16.3. The predicted octanol–water partition coefficient (Wildman–Crippen LogP) is 5.08. The Bertz CT molecular complexity index is 1280. The van der Waals surface area contributed by atoms with Crippen LogP contribution >= 0.6 is 11.3 Å². The number of esters is 1. The maximum Gasteiger partial charge on any atom is 0.343 e. The summed E-state index contributed by atoms with van der Waals surface area (Å²) >= 11 is 1.42. The quantitative estimate of drug-likeness (QED) is 0.180. The first-order valence-electron chi connectivity index (χ1n) is 9.32. The minimum Gasteiger partial charge on any atom is -0.490 e. The topological polar surface area (TPSA) is 116 Å². The van der Waals surface area contributed by atoms with Gasteiger partial charge in [0, 0.05) is 29.4 Å². The number of aromatic nitrogens is 2. The van der Waals surface area contributed by atoms with Crippen molar-refractivity contribution in [1.82, 2.24) is 9.97 Å². The molecule has 2 aromatic carbocycles.